The summed E-state index contributed by atoms with van der Waals surface area (Å²) < 4.78 is 0. The number of benzene rings is 1. The van der Waals surface area contributed by atoms with Crippen molar-refractivity contribution >= 4 is 46.6 Å². The van der Waals surface area contributed by atoms with Gasteiger partial charge in [0.1, 0.15) is 10.3 Å². The van der Waals surface area contributed by atoms with E-state index < -0.39 is 0 Å². The third-order valence-corrected chi connectivity index (χ3v) is 3.55. The van der Waals surface area contributed by atoms with E-state index in [1.54, 1.807) is 6.07 Å². The molecule has 1 heterocycles. The molecule has 0 aliphatic heterocycles. The summed E-state index contributed by atoms with van der Waals surface area (Å²) in [7, 11) is 0. The zero-order valence-electron chi connectivity index (χ0n) is 8.75. The molecular formula is C11H7Cl3N2S. The second-order valence-corrected chi connectivity index (χ2v) is 5.04. The lowest BCUT2D eigenvalue weighted by Crippen LogP contribution is -1.93. The largest absolute Gasteiger partial charge is 0.210 e. The van der Waals surface area contributed by atoms with Gasteiger partial charge in [0.2, 0.25) is 0 Å². The predicted octanol–water partition coefficient (Wildman–Crippen LogP) is 4.83. The molecule has 0 atom stereocenters. The van der Waals surface area contributed by atoms with Gasteiger partial charge < -0.3 is 0 Å². The minimum absolute atomic E-state index is 0.308. The van der Waals surface area contributed by atoms with E-state index in [4.69, 9.17) is 34.8 Å². The van der Waals surface area contributed by atoms with Crippen molar-refractivity contribution in [1.82, 2.24) is 9.97 Å². The third-order valence-electron chi connectivity index (χ3n) is 2.13. The first-order valence-electron chi connectivity index (χ1n) is 4.65. The minimum Gasteiger partial charge on any atom is -0.210 e. The minimum atomic E-state index is 0.308. The van der Waals surface area contributed by atoms with Crippen LogP contribution in [0.2, 0.25) is 15.3 Å². The normalized spacial score (nSPS) is 10.6. The van der Waals surface area contributed by atoms with Crippen LogP contribution in [0.5, 0.6) is 0 Å². The van der Waals surface area contributed by atoms with Gasteiger partial charge in [-0.05, 0) is 12.3 Å². The molecule has 0 saturated heterocycles. The molecule has 2 rings (SSSR count). The topological polar surface area (TPSA) is 25.8 Å². The summed E-state index contributed by atoms with van der Waals surface area (Å²) in [6, 6.07) is 7.30. The van der Waals surface area contributed by atoms with Crippen LogP contribution in [0.4, 0.5) is 0 Å². The summed E-state index contributed by atoms with van der Waals surface area (Å²) in [5, 5.41) is 1.72. The van der Waals surface area contributed by atoms with Gasteiger partial charge >= 0.3 is 0 Å². The Morgan fingerprint density at radius 2 is 1.59 bits per heavy atom. The fraction of sp³-hybridized carbons (Fsp3) is 0.0909. The molecular weight excluding hydrogens is 299 g/mol. The molecule has 17 heavy (non-hydrogen) atoms. The Hall–Kier alpha value is -0.480. The van der Waals surface area contributed by atoms with Gasteiger partial charge in [0.15, 0.2) is 5.16 Å². The number of halogens is 3. The molecule has 0 amide bonds. The average molecular weight is 306 g/mol. The number of hydrogen-bond donors (Lipinski definition) is 0. The lowest BCUT2D eigenvalue weighted by molar-refractivity contribution is 0.974. The van der Waals surface area contributed by atoms with E-state index in [2.05, 4.69) is 9.97 Å². The van der Waals surface area contributed by atoms with E-state index in [1.807, 2.05) is 24.5 Å². The lowest BCUT2D eigenvalue weighted by atomic mass is 10.1. The van der Waals surface area contributed by atoms with Crippen molar-refractivity contribution in [2.45, 2.75) is 5.16 Å². The van der Waals surface area contributed by atoms with E-state index in [0.717, 1.165) is 5.56 Å². The Kier molecular flexibility index (Phi) is 4.15. The van der Waals surface area contributed by atoms with Crippen LogP contribution in [0.15, 0.2) is 29.4 Å². The molecule has 0 spiro atoms. The number of thioether (sulfide) groups is 1. The molecule has 0 bridgehead atoms. The molecule has 0 fully saturated rings. The maximum Gasteiger partial charge on any atom is 0.190 e. The second-order valence-electron chi connectivity index (χ2n) is 3.15. The van der Waals surface area contributed by atoms with Crippen molar-refractivity contribution in [2.24, 2.45) is 0 Å². The smallest absolute Gasteiger partial charge is 0.190 e. The van der Waals surface area contributed by atoms with Gasteiger partial charge in [0.25, 0.3) is 0 Å². The summed E-state index contributed by atoms with van der Waals surface area (Å²) in [5.74, 6) is 0. The van der Waals surface area contributed by atoms with Crippen LogP contribution in [-0.2, 0) is 0 Å². The first-order valence-corrected chi connectivity index (χ1v) is 7.01. The Morgan fingerprint density at radius 1 is 1.00 bits per heavy atom. The van der Waals surface area contributed by atoms with E-state index >= 15 is 0 Å². The molecule has 0 unspecified atom stereocenters. The van der Waals surface area contributed by atoms with Crippen LogP contribution in [0, 0.1) is 0 Å². The molecule has 1 aromatic heterocycles. The molecule has 0 aliphatic carbocycles. The molecule has 0 saturated carbocycles. The summed E-state index contributed by atoms with van der Waals surface area (Å²) in [4.78, 5) is 8.29. The highest BCUT2D eigenvalue weighted by Crippen LogP contribution is 2.37. The quantitative estimate of drug-likeness (QED) is 0.452. The number of aromatic nitrogens is 2. The Labute approximate surface area is 118 Å². The van der Waals surface area contributed by atoms with Crippen LogP contribution < -0.4 is 0 Å². The van der Waals surface area contributed by atoms with Crippen molar-refractivity contribution in [3.8, 4) is 11.1 Å². The third kappa shape index (κ3) is 2.68. The lowest BCUT2D eigenvalue weighted by Gasteiger charge is -2.08. The van der Waals surface area contributed by atoms with Crippen LogP contribution in [-0.4, -0.2) is 16.2 Å². The van der Waals surface area contributed by atoms with Crippen molar-refractivity contribution in [3.05, 3.63) is 39.6 Å². The summed E-state index contributed by atoms with van der Waals surface area (Å²) in [5.41, 5.74) is 1.30. The van der Waals surface area contributed by atoms with Crippen molar-refractivity contribution in [1.29, 1.82) is 0 Å². The zero-order chi connectivity index (χ0) is 12.4. The van der Waals surface area contributed by atoms with Gasteiger partial charge in [0, 0.05) is 10.6 Å². The molecule has 6 heteroatoms. The van der Waals surface area contributed by atoms with Crippen LogP contribution in [0.3, 0.4) is 0 Å². The fourth-order valence-electron chi connectivity index (χ4n) is 1.37. The summed E-state index contributed by atoms with van der Waals surface area (Å²) in [6.07, 6.45) is 1.86. The van der Waals surface area contributed by atoms with Crippen molar-refractivity contribution < 1.29 is 0 Å². The average Bonchev–Trinajstić information content (AvgIpc) is 2.30. The molecule has 0 N–H and O–H groups in total. The summed E-state index contributed by atoms with van der Waals surface area (Å²) in [6.45, 7) is 0. The fourth-order valence-corrected chi connectivity index (χ4v) is 2.65. The van der Waals surface area contributed by atoms with Gasteiger partial charge in [-0.3, -0.25) is 0 Å². The van der Waals surface area contributed by atoms with Gasteiger partial charge in [-0.25, -0.2) is 9.97 Å². The van der Waals surface area contributed by atoms with Crippen molar-refractivity contribution in [2.75, 3.05) is 6.26 Å². The van der Waals surface area contributed by atoms with E-state index in [0.29, 0.717) is 26.0 Å². The van der Waals surface area contributed by atoms with Crippen LogP contribution in [0.25, 0.3) is 11.1 Å². The number of rotatable bonds is 2. The highest BCUT2D eigenvalue weighted by atomic mass is 35.5. The van der Waals surface area contributed by atoms with Gasteiger partial charge in [-0.15, -0.1) is 0 Å². The molecule has 0 radical (unpaired) electrons. The van der Waals surface area contributed by atoms with Crippen LogP contribution in [0.1, 0.15) is 0 Å². The first-order chi connectivity index (χ1) is 8.13. The highest BCUT2D eigenvalue weighted by Gasteiger charge is 2.15. The summed E-state index contributed by atoms with van der Waals surface area (Å²) >= 11 is 19.7. The van der Waals surface area contributed by atoms with Gasteiger partial charge in [-0.2, -0.15) is 0 Å². The van der Waals surface area contributed by atoms with E-state index in [-0.39, 0.29) is 0 Å². The van der Waals surface area contributed by atoms with E-state index in [9.17, 15) is 0 Å². The van der Waals surface area contributed by atoms with Gasteiger partial charge in [-0.1, -0.05) is 64.8 Å². The van der Waals surface area contributed by atoms with Crippen molar-refractivity contribution in [3.63, 3.8) is 0 Å². The predicted molar refractivity (Wildman–Crippen MR) is 74.3 cm³/mol. The zero-order valence-corrected chi connectivity index (χ0v) is 11.8. The molecule has 88 valence electrons. The Balaban J connectivity index is 2.64. The Bertz CT molecular complexity index is 537. The molecule has 2 nitrogen and oxygen atoms in total. The molecule has 2 aromatic rings. The maximum atomic E-state index is 6.11. The second kappa shape index (κ2) is 5.44. The number of hydrogen-bond acceptors (Lipinski definition) is 3. The van der Waals surface area contributed by atoms with Gasteiger partial charge in [0.05, 0.1) is 5.56 Å². The Morgan fingerprint density at radius 3 is 2.12 bits per heavy atom. The monoisotopic (exact) mass is 304 g/mol. The van der Waals surface area contributed by atoms with Crippen LogP contribution >= 0.6 is 46.6 Å². The number of nitrogens with zero attached hydrogens (tertiary/aromatic N) is 2. The SMILES string of the molecule is CSc1nc(Cl)c(-c2ccccc2Cl)c(Cl)n1. The molecule has 0 aliphatic rings. The highest BCUT2D eigenvalue weighted by molar-refractivity contribution is 7.98. The standard InChI is InChI=1S/C11H7Cl3N2S/c1-17-11-15-9(13)8(10(14)16-11)6-4-2-3-5-7(6)12/h2-5H,1H3. The van der Waals surface area contributed by atoms with E-state index in [1.165, 1.54) is 11.8 Å². The molecule has 1 aromatic carbocycles. The maximum absolute atomic E-state index is 6.11. The first kappa shape index (κ1) is 13.0.